The quantitative estimate of drug-likeness (QED) is 0.585. The summed E-state index contributed by atoms with van der Waals surface area (Å²) in [5.41, 5.74) is 4.13. The van der Waals surface area contributed by atoms with E-state index in [1.807, 2.05) is 30.3 Å². The van der Waals surface area contributed by atoms with E-state index in [4.69, 9.17) is 9.72 Å². The Morgan fingerprint density at radius 1 is 1.07 bits per heavy atom. The van der Waals surface area contributed by atoms with E-state index >= 15 is 0 Å². The third-order valence-corrected chi connectivity index (χ3v) is 6.19. The molecule has 1 aromatic heterocycles. The first kappa shape index (κ1) is 20.4. The van der Waals surface area contributed by atoms with Gasteiger partial charge in [-0.2, -0.15) is 5.26 Å². The maximum atomic E-state index is 9.39. The van der Waals surface area contributed by atoms with E-state index in [-0.39, 0.29) is 0 Å². The number of hydrogen-bond donors (Lipinski definition) is 0. The van der Waals surface area contributed by atoms with Gasteiger partial charge in [0.25, 0.3) is 0 Å². The summed E-state index contributed by atoms with van der Waals surface area (Å²) < 4.78 is 5.86. The molecule has 0 amide bonds. The van der Waals surface area contributed by atoms with Crippen LogP contribution in [-0.4, -0.2) is 36.1 Å². The summed E-state index contributed by atoms with van der Waals surface area (Å²) >= 11 is 1.66. The van der Waals surface area contributed by atoms with Crippen LogP contribution in [0.2, 0.25) is 0 Å². The number of nitrogens with zero attached hydrogens (tertiary/aromatic N) is 4. The molecule has 4 rings (SSSR count). The first-order valence-corrected chi connectivity index (χ1v) is 11.2. The number of para-hydroxylation sites is 1. The average molecular weight is 419 g/mol. The molecule has 1 fully saturated rings. The van der Waals surface area contributed by atoms with Gasteiger partial charge in [-0.25, -0.2) is 4.98 Å². The third kappa shape index (κ3) is 5.18. The van der Waals surface area contributed by atoms with Crippen molar-refractivity contribution in [1.82, 2.24) is 9.88 Å². The molecule has 0 spiro atoms. The minimum Gasteiger partial charge on any atom is -0.486 e. The zero-order valence-electron chi connectivity index (χ0n) is 17.3. The summed E-state index contributed by atoms with van der Waals surface area (Å²) in [4.78, 5) is 9.55. The van der Waals surface area contributed by atoms with Crippen LogP contribution in [0.25, 0.3) is 0 Å². The second-order valence-corrected chi connectivity index (χ2v) is 8.52. The van der Waals surface area contributed by atoms with E-state index in [2.05, 4.69) is 46.4 Å². The van der Waals surface area contributed by atoms with Crippen LogP contribution in [0.3, 0.4) is 0 Å². The van der Waals surface area contributed by atoms with Crippen molar-refractivity contribution in [3.63, 3.8) is 0 Å². The summed E-state index contributed by atoms with van der Waals surface area (Å²) in [5.74, 6) is 0.877. The molecule has 0 aliphatic carbocycles. The van der Waals surface area contributed by atoms with Crippen LogP contribution >= 0.6 is 11.3 Å². The Morgan fingerprint density at radius 3 is 2.73 bits per heavy atom. The van der Waals surface area contributed by atoms with Crippen LogP contribution in [0.5, 0.6) is 5.75 Å². The van der Waals surface area contributed by atoms with Crippen molar-refractivity contribution in [2.75, 3.05) is 31.1 Å². The molecule has 3 aromatic rings. The fourth-order valence-corrected chi connectivity index (χ4v) is 4.41. The number of ether oxygens (including phenoxy) is 1. The van der Waals surface area contributed by atoms with Gasteiger partial charge in [0.1, 0.15) is 23.4 Å². The van der Waals surface area contributed by atoms with Crippen LogP contribution in [0.1, 0.15) is 28.2 Å². The first-order chi connectivity index (χ1) is 14.7. The molecule has 1 aliphatic heterocycles. The molecule has 30 heavy (non-hydrogen) atoms. The molecule has 0 radical (unpaired) electrons. The van der Waals surface area contributed by atoms with E-state index in [9.17, 15) is 5.26 Å². The van der Waals surface area contributed by atoms with E-state index in [1.54, 1.807) is 11.3 Å². The lowest BCUT2D eigenvalue weighted by molar-refractivity contribution is 0.280. The summed E-state index contributed by atoms with van der Waals surface area (Å²) in [6.45, 7) is 7.33. The number of nitriles is 1. The number of aryl methyl sites for hydroxylation is 1. The van der Waals surface area contributed by atoms with E-state index in [0.29, 0.717) is 6.61 Å². The number of anilines is 1. The van der Waals surface area contributed by atoms with Crippen LogP contribution in [0.15, 0.2) is 53.9 Å². The highest BCUT2D eigenvalue weighted by Crippen LogP contribution is 2.22. The Morgan fingerprint density at radius 2 is 1.90 bits per heavy atom. The van der Waals surface area contributed by atoms with Crippen molar-refractivity contribution in [3.8, 4) is 11.8 Å². The van der Waals surface area contributed by atoms with Gasteiger partial charge in [0.15, 0.2) is 0 Å². The number of rotatable bonds is 6. The van der Waals surface area contributed by atoms with E-state index in [0.717, 1.165) is 66.8 Å². The molecule has 5 nitrogen and oxygen atoms in total. The normalized spacial score (nSPS) is 14.9. The zero-order chi connectivity index (χ0) is 20.8. The van der Waals surface area contributed by atoms with Gasteiger partial charge in [-0.1, -0.05) is 29.8 Å². The van der Waals surface area contributed by atoms with Crippen molar-refractivity contribution in [2.24, 2.45) is 0 Å². The lowest BCUT2D eigenvalue weighted by Gasteiger charge is -2.24. The Hall–Kier alpha value is -2.88. The zero-order valence-corrected chi connectivity index (χ0v) is 18.1. The molecule has 2 aromatic carbocycles. The maximum Gasteiger partial charge on any atom is 0.140 e. The van der Waals surface area contributed by atoms with Gasteiger partial charge >= 0.3 is 0 Å². The molecule has 6 heteroatoms. The van der Waals surface area contributed by atoms with Crippen molar-refractivity contribution in [2.45, 2.75) is 26.5 Å². The lowest BCUT2D eigenvalue weighted by Crippen LogP contribution is -2.31. The van der Waals surface area contributed by atoms with Crippen molar-refractivity contribution in [3.05, 3.63) is 75.7 Å². The van der Waals surface area contributed by atoms with Gasteiger partial charge < -0.3 is 9.64 Å². The number of hydrogen-bond acceptors (Lipinski definition) is 6. The lowest BCUT2D eigenvalue weighted by atomic mass is 10.1. The number of benzene rings is 2. The van der Waals surface area contributed by atoms with Crippen molar-refractivity contribution < 1.29 is 4.74 Å². The van der Waals surface area contributed by atoms with E-state index in [1.165, 1.54) is 5.56 Å². The second-order valence-electron chi connectivity index (χ2n) is 7.58. The van der Waals surface area contributed by atoms with Gasteiger partial charge in [-0.05, 0) is 37.6 Å². The molecule has 0 atom stereocenters. The molecular formula is C24H26N4OS. The summed E-state index contributed by atoms with van der Waals surface area (Å²) in [7, 11) is 0. The summed E-state index contributed by atoms with van der Waals surface area (Å²) in [6.07, 6.45) is 1.08. The Balaban J connectivity index is 1.31. The fourth-order valence-electron chi connectivity index (χ4n) is 3.71. The molecule has 0 bridgehead atoms. The topological polar surface area (TPSA) is 52.4 Å². The average Bonchev–Trinajstić information content (AvgIpc) is 3.09. The third-order valence-electron chi connectivity index (χ3n) is 5.32. The largest absolute Gasteiger partial charge is 0.486 e. The molecule has 1 saturated heterocycles. The number of thiazole rings is 1. The molecule has 154 valence electrons. The summed E-state index contributed by atoms with van der Waals surface area (Å²) in [6, 6.07) is 18.3. The van der Waals surface area contributed by atoms with Gasteiger partial charge in [0, 0.05) is 38.1 Å². The van der Waals surface area contributed by atoms with Crippen LogP contribution in [0, 0.1) is 18.3 Å². The van der Waals surface area contributed by atoms with Crippen molar-refractivity contribution >= 4 is 17.0 Å². The minimum absolute atomic E-state index is 0.506. The Labute approximate surface area is 182 Å². The smallest absolute Gasteiger partial charge is 0.140 e. The highest BCUT2D eigenvalue weighted by molar-refractivity contribution is 7.09. The fraction of sp³-hybridized carbons (Fsp3) is 0.333. The predicted molar refractivity (Wildman–Crippen MR) is 121 cm³/mol. The standard InChI is InChI=1S/C24H26N4OS/c1-19-7-9-22(10-8-19)29-17-24-26-21(18-30-24)16-27-11-4-12-28(14-13-27)23-6-3-2-5-20(23)15-25/h2-3,5-10,18H,4,11-14,16-17H2,1H3. The summed E-state index contributed by atoms with van der Waals surface area (Å²) in [5, 5.41) is 12.5. The van der Waals surface area contributed by atoms with Crippen molar-refractivity contribution in [1.29, 1.82) is 5.26 Å². The van der Waals surface area contributed by atoms with Crippen LogP contribution in [0.4, 0.5) is 5.69 Å². The molecule has 0 saturated carbocycles. The first-order valence-electron chi connectivity index (χ1n) is 10.3. The SMILES string of the molecule is Cc1ccc(OCc2nc(CN3CCCN(c4ccccc4C#N)CC3)cs2)cc1. The van der Waals surface area contributed by atoms with Gasteiger partial charge in [-0.3, -0.25) is 4.90 Å². The molecule has 2 heterocycles. The predicted octanol–water partition coefficient (Wildman–Crippen LogP) is 4.61. The Kier molecular flexibility index (Phi) is 6.63. The van der Waals surface area contributed by atoms with Gasteiger partial charge in [0.05, 0.1) is 16.9 Å². The highest BCUT2D eigenvalue weighted by atomic mass is 32.1. The van der Waals surface area contributed by atoms with Gasteiger partial charge in [-0.15, -0.1) is 11.3 Å². The minimum atomic E-state index is 0.506. The maximum absolute atomic E-state index is 9.39. The van der Waals surface area contributed by atoms with Crippen LogP contribution in [-0.2, 0) is 13.2 Å². The van der Waals surface area contributed by atoms with E-state index < -0.39 is 0 Å². The Bertz CT molecular complexity index is 1010. The molecular weight excluding hydrogens is 392 g/mol. The molecule has 0 N–H and O–H groups in total. The highest BCUT2D eigenvalue weighted by Gasteiger charge is 2.18. The number of aromatic nitrogens is 1. The van der Waals surface area contributed by atoms with Gasteiger partial charge in [0.2, 0.25) is 0 Å². The second kappa shape index (κ2) is 9.75. The van der Waals surface area contributed by atoms with Crippen LogP contribution < -0.4 is 9.64 Å². The monoisotopic (exact) mass is 418 g/mol. The molecule has 1 aliphatic rings. The molecule has 0 unspecified atom stereocenters.